The van der Waals surface area contributed by atoms with Crippen molar-refractivity contribution in [3.05, 3.63) is 45.0 Å². The van der Waals surface area contributed by atoms with E-state index < -0.39 is 0 Å². The summed E-state index contributed by atoms with van der Waals surface area (Å²) < 4.78 is 1.27. The van der Waals surface area contributed by atoms with Gasteiger partial charge in [0.25, 0.3) is 0 Å². The molecule has 5 heteroatoms. The van der Waals surface area contributed by atoms with Crippen LogP contribution in [0, 0.1) is 3.57 Å². The number of hydrogen-bond acceptors (Lipinski definition) is 2. The second kappa shape index (κ2) is 11.0. The Kier molecular flexibility index (Phi) is 9.75. The molecular formula is C17H24ClIN2O. The van der Waals surface area contributed by atoms with Crippen LogP contribution >= 0.6 is 35.0 Å². The highest BCUT2D eigenvalue weighted by Gasteiger charge is 2.05. The summed E-state index contributed by atoms with van der Waals surface area (Å²) in [5.74, 6) is 0.178. The molecule has 0 spiro atoms. The maximum Gasteiger partial charge on any atom is 0.220 e. The minimum Gasteiger partial charge on any atom is -0.352 e. The van der Waals surface area contributed by atoms with E-state index >= 15 is 0 Å². The first kappa shape index (κ1) is 19.5. The van der Waals surface area contributed by atoms with Crippen molar-refractivity contribution >= 4 is 40.9 Å². The van der Waals surface area contributed by atoms with Gasteiger partial charge in [0.1, 0.15) is 0 Å². The highest BCUT2D eigenvalue weighted by Crippen LogP contribution is 2.10. The van der Waals surface area contributed by atoms with Crippen LogP contribution in [0.5, 0.6) is 0 Å². The van der Waals surface area contributed by atoms with E-state index in [1.807, 2.05) is 0 Å². The Balaban J connectivity index is 0.00000242. The van der Waals surface area contributed by atoms with E-state index in [9.17, 15) is 4.79 Å². The second-order valence-electron chi connectivity index (χ2n) is 5.43. The number of hydrogen-bond donors (Lipinski definition) is 2. The zero-order valence-electron chi connectivity index (χ0n) is 12.7. The molecule has 2 rings (SSSR count). The minimum absolute atomic E-state index is 0. The average Bonchev–Trinajstić information content (AvgIpc) is 2.52. The van der Waals surface area contributed by atoms with Gasteiger partial charge in [-0.15, -0.1) is 12.4 Å². The zero-order valence-corrected chi connectivity index (χ0v) is 15.7. The van der Waals surface area contributed by atoms with Crippen LogP contribution in [0.3, 0.4) is 0 Å². The summed E-state index contributed by atoms with van der Waals surface area (Å²) >= 11 is 2.32. The normalized spacial score (nSPS) is 14.0. The van der Waals surface area contributed by atoms with Crippen LogP contribution in [0.15, 0.2) is 35.9 Å². The quantitative estimate of drug-likeness (QED) is 0.392. The SMILES string of the molecule is Cl.O=C(CCCCc1ccc(I)cc1)NCC1=CCNCC1. The molecule has 0 atom stereocenters. The third kappa shape index (κ3) is 7.61. The molecule has 0 radical (unpaired) electrons. The molecule has 0 saturated heterocycles. The van der Waals surface area contributed by atoms with Gasteiger partial charge in [-0.3, -0.25) is 4.79 Å². The third-order valence-electron chi connectivity index (χ3n) is 3.70. The standard InChI is InChI=1S/C17H23IN2O.ClH/c18-16-7-5-14(6-8-16)3-1-2-4-17(21)20-13-15-9-11-19-12-10-15;/h5-9,19H,1-4,10-13H2,(H,20,21);1H. The Hall–Kier alpha value is -0.590. The molecular weight excluding hydrogens is 411 g/mol. The van der Waals surface area contributed by atoms with Crippen molar-refractivity contribution in [1.82, 2.24) is 10.6 Å². The van der Waals surface area contributed by atoms with Crippen LogP contribution in [0.1, 0.15) is 31.2 Å². The number of halogens is 2. The number of benzene rings is 1. The second-order valence-corrected chi connectivity index (χ2v) is 6.67. The molecule has 1 aromatic carbocycles. The maximum atomic E-state index is 11.8. The fraction of sp³-hybridized carbons (Fsp3) is 0.471. The smallest absolute Gasteiger partial charge is 0.220 e. The maximum absolute atomic E-state index is 11.8. The predicted molar refractivity (Wildman–Crippen MR) is 103 cm³/mol. The lowest BCUT2D eigenvalue weighted by Gasteiger charge is -2.14. The first-order valence-corrected chi connectivity index (χ1v) is 8.72. The molecule has 1 aromatic rings. The van der Waals surface area contributed by atoms with Gasteiger partial charge in [-0.05, 0) is 72.5 Å². The molecule has 0 saturated carbocycles. The Morgan fingerprint density at radius 1 is 1.23 bits per heavy atom. The van der Waals surface area contributed by atoms with E-state index in [4.69, 9.17) is 0 Å². The first-order valence-electron chi connectivity index (χ1n) is 7.64. The molecule has 1 aliphatic heterocycles. The molecule has 1 amide bonds. The molecule has 0 aliphatic carbocycles. The summed E-state index contributed by atoms with van der Waals surface area (Å²) in [7, 11) is 0. The van der Waals surface area contributed by atoms with E-state index in [0.29, 0.717) is 6.42 Å². The largest absolute Gasteiger partial charge is 0.352 e. The van der Waals surface area contributed by atoms with Gasteiger partial charge >= 0.3 is 0 Å². The first-order chi connectivity index (χ1) is 10.2. The average molecular weight is 435 g/mol. The molecule has 1 heterocycles. The molecule has 22 heavy (non-hydrogen) atoms. The number of amides is 1. The van der Waals surface area contributed by atoms with Crippen molar-refractivity contribution in [3.8, 4) is 0 Å². The lowest BCUT2D eigenvalue weighted by molar-refractivity contribution is -0.121. The van der Waals surface area contributed by atoms with Crippen molar-refractivity contribution in [2.24, 2.45) is 0 Å². The molecule has 0 fully saturated rings. The van der Waals surface area contributed by atoms with E-state index in [1.165, 1.54) is 14.7 Å². The highest BCUT2D eigenvalue weighted by molar-refractivity contribution is 14.1. The van der Waals surface area contributed by atoms with E-state index in [1.54, 1.807) is 0 Å². The van der Waals surface area contributed by atoms with Gasteiger partial charge in [0.05, 0.1) is 0 Å². The van der Waals surface area contributed by atoms with Gasteiger partial charge in [-0.2, -0.15) is 0 Å². The van der Waals surface area contributed by atoms with Crippen molar-refractivity contribution in [2.45, 2.75) is 32.1 Å². The number of nitrogens with one attached hydrogen (secondary N) is 2. The molecule has 3 nitrogen and oxygen atoms in total. The summed E-state index contributed by atoms with van der Waals surface area (Å²) in [6.45, 7) is 2.68. The number of unbranched alkanes of at least 4 members (excludes halogenated alkanes) is 1. The van der Waals surface area contributed by atoms with E-state index in [0.717, 1.165) is 45.3 Å². The van der Waals surface area contributed by atoms with Crippen LogP contribution < -0.4 is 10.6 Å². The molecule has 0 unspecified atom stereocenters. The number of aryl methyl sites for hydroxylation is 1. The summed E-state index contributed by atoms with van der Waals surface area (Å²) in [6, 6.07) is 8.61. The van der Waals surface area contributed by atoms with Crippen molar-refractivity contribution in [1.29, 1.82) is 0 Å². The van der Waals surface area contributed by atoms with Crippen LogP contribution in [-0.2, 0) is 11.2 Å². The van der Waals surface area contributed by atoms with Crippen LogP contribution in [0.2, 0.25) is 0 Å². The number of carbonyl (C=O) groups excluding carboxylic acids is 1. The Labute approximate surface area is 152 Å². The fourth-order valence-electron chi connectivity index (χ4n) is 2.40. The topological polar surface area (TPSA) is 41.1 Å². The zero-order chi connectivity index (χ0) is 14.9. The summed E-state index contributed by atoms with van der Waals surface area (Å²) in [5, 5.41) is 6.30. The Bertz CT molecular complexity index is 488. The lowest BCUT2D eigenvalue weighted by Crippen LogP contribution is -2.29. The highest BCUT2D eigenvalue weighted by atomic mass is 127. The van der Waals surface area contributed by atoms with Crippen molar-refractivity contribution in [2.75, 3.05) is 19.6 Å². The molecule has 0 bridgehead atoms. The van der Waals surface area contributed by atoms with E-state index in [-0.39, 0.29) is 18.3 Å². The van der Waals surface area contributed by atoms with Gasteiger partial charge in [0.2, 0.25) is 5.91 Å². The fourth-order valence-corrected chi connectivity index (χ4v) is 2.76. The summed E-state index contributed by atoms with van der Waals surface area (Å²) in [6.07, 6.45) is 6.95. The Morgan fingerprint density at radius 2 is 2.00 bits per heavy atom. The van der Waals surface area contributed by atoms with Crippen molar-refractivity contribution in [3.63, 3.8) is 0 Å². The van der Waals surface area contributed by atoms with Gasteiger partial charge in [-0.25, -0.2) is 0 Å². The van der Waals surface area contributed by atoms with Gasteiger partial charge in [0.15, 0.2) is 0 Å². The number of carbonyl (C=O) groups is 1. The Morgan fingerprint density at radius 3 is 2.68 bits per heavy atom. The monoisotopic (exact) mass is 434 g/mol. The van der Waals surface area contributed by atoms with Gasteiger partial charge in [-0.1, -0.05) is 23.8 Å². The summed E-state index contributed by atoms with van der Waals surface area (Å²) in [4.78, 5) is 11.8. The van der Waals surface area contributed by atoms with Crippen LogP contribution in [0.25, 0.3) is 0 Å². The molecule has 1 aliphatic rings. The molecule has 0 aromatic heterocycles. The van der Waals surface area contributed by atoms with Gasteiger partial charge in [0, 0.05) is 23.1 Å². The lowest BCUT2D eigenvalue weighted by atomic mass is 10.1. The van der Waals surface area contributed by atoms with Crippen LogP contribution in [-0.4, -0.2) is 25.5 Å². The number of rotatable bonds is 7. The van der Waals surface area contributed by atoms with E-state index in [2.05, 4.69) is 63.6 Å². The summed E-state index contributed by atoms with van der Waals surface area (Å²) in [5.41, 5.74) is 2.71. The third-order valence-corrected chi connectivity index (χ3v) is 4.42. The molecule has 122 valence electrons. The van der Waals surface area contributed by atoms with Crippen LogP contribution in [0.4, 0.5) is 0 Å². The minimum atomic E-state index is 0. The predicted octanol–water partition coefficient (Wildman–Crippen LogP) is 3.46. The van der Waals surface area contributed by atoms with Crippen molar-refractivity contribution < 1.29 is 4.79 Å². The molecule has 2 N–H and O–H groups in total. The van der Waals surface area contributed by atoms with Gasteiger partial charge < -0.3 is 10.6 Å².